The molecule has 8 nitrogen and oxygen atoms in total. The second-order valence-corrected chi connectivity index (χ2v) is 6.56. The second kappa shape index (κ2) is 10.1. The number of aliphatic hydroxyl groups excluding tert-OH is 1. The molecule has 0 radical (unpaired) electrons. The van der Waals surface area contributed by atoms with Gasteiger partial charge in [0.1, 0.15) is 10.1 Å². The van der Waals surface area contributed by atoms with Gasteiger partial charge in [-0.25, -0.2) is 8.42 Å². The molecule has 26 heavy (non-hydrogen) atoms. The van der Waals surface area contributed by atoms with Gasteiger partial charge in [0.2, 0.25) is 0 Å². The molecule has 2 rings (SSSR count). The first-order valence-electron chi connectivity index (χ1n) is 6.61. The topological polar surface area (TPSA) is 158 Å². The first-order valence-corrected chi connectivity index (χ1v) is 8.08. The molecule has 5 N–H and O–H groups in total. The van der Waals surface area contributed by atoms with E-state index in [1.165, 1.54) is 12.1 Å². The van der Waals surface area contributed by atoms with Crippen LogP contribution in [0, 0.1) is 6.42 Å². The third-order valence-electron chi connectivity index (χ3n) is 3.31. The Morgan fingerprint density at radius 3 is 2.00 bits per heavy atom. The number of hydrogen-bond donors (Lipinski definition) is 5. The molecular weight excluding hydrogens is 386 g/mol. The Morgan fingerprint density at radius 2 is 1.50 bits per heavy atom. The number of benzene rings is 2. The molecule has 0 spiro atoms. The quantitative estimate of drug-likeness (QED) is 0.144. The van der Waals surface area contributed by atoms with Gasteiger partial charge in [-0.05, 0) is 23.8 Å². The van der Waals surface area contributed by atoms with Crippen LogP contribution in [0.4, 0.5) is 0 Å². The van der Waals surface area contributed by atoms with E-state index < -0.39 is 38.7 Å². The van der Waals surface area contributed by atoms with Crippen LogP contribution in [0.25, 0.3) is 0 Å². The molecule has 0 aliphatic heterocycles. The minimum Gasteiger partial charge on any atom is -0.747 e. The Labute approximate surface area is 194 Å². The number of phenolic OH excluding ortho intramolecular Hbond substituents is 4. The van der Waals surface area contributed by atoms with Crippen molar-refractivity contribution >= 4 is 10.1 Å². The maximum absolute atomic E-state index is 11.5. The van der Waals surface area contributed by atoms with Gasteiger partial charge >= 0.3 is 59.1 Å². The van der Waals surface area contributed by atoms with Crippen LogP contribution in [-0.4, -0.2) is 44.6 Å². The second-order valence-electron chi connectivity index (χ2n) is 5.06. The summed E-state index contributed by atoms with van der Waals surface area (Å²) in [5.41, 5.74) is -0.237. The van der Waals surface area contributed by atoms with Gasteiger partial charge < -0.3 is 30.1 Å². The predicted octanol–water partition coefficient (Wildman–Crippen LogP) is -5.28. The zero-order chi connectivity index (χ0) is 18.1. The number of hydrogen-bond acceptors (Lipinski definition) is 8. The maximum atomic E-state index is 11.5. The molecule has 0 saturated heterocycles. The first kappa shape index (κ1) is 25.4. The summed E-state index contributed by atoms with van der Waals surface area (Å²) in [6, 6.07) is 6.30. The van der Waals surface area contributed by atoms with Crippen molar-refractivity contribution in [3.05, 3.63) is 53.9 Å². The summed E-state index contributed by atoms with van der Waals surface area (Å²) < 4.78 is 34.5. The minimum atomic E-state index is -5.04. The Kier molecular flexibility index (Phi) is 9.83. The zero-order valence-corrected chi connectivity index (χ0v) is 18.9. The largest absolute Gasteiger partial charge is 1.00 e. The van der Waals surface area contributed by atoms with Crippen LogP contribution in [0.5, 0.6) is 23.0 Å². The number of aliphatic hydroxyl groups is 1. The third kappa shape index (κ3) is 6.22. The fourth-order valence-corrected chi connectivity index (χ4v) is 3.10. The molecule has 2 atom stereocenters. The van der Waals surface area contributed by atoms with Crippen LogP contribution in [-0.2, 0) is 10.1 Å². The van der Waals surface area contributed by atoms with Crippen molar-refractivity contribution in [2.45, 2.75) is 11.4 Å². The number of aromatic hydroxyl groups is 4. The minimum absolute atomic E-state index is 0. The molecule has 2 aromatic carbocycles. The molecule has 0 heterocycles. The fourth-order valence-electron chi connectivity index (χ4n) is 2.20. The van der Waals surface area contributed by atoms with Crippen LogP contribution in [0.2, 0.25) is 0 Å². The number of phenols is 4. The zero-order valence-electron chi connectivity index (χ0n) is 14.1. The van der Waals surface area contributed by atoms with Gasteiger partial charge in [0.05, 0.1) is 11.0 Å². The van der Waals surface area contributed by atoms with Crippen molar-refractivity contribution in [2.75, 3.05) is 0 Å². The SMILES string of the molecule is O=S(=O)([O-])C(c1ccc(O)c(O)c1)C(O)[CH-]c1ccc(O)cc1O.[Na+].[Na+]. The molecular formula is C15H14Na2O8S. The van der Waals surface area contributed by atoms with E-state index in [9.17, 15) is 38.5 Å². The molecule has 0 aliphatic rings. The van der Waals surface area contributed by atoms with Crippen molar-refractivity contribution in [3.8, 4) is 23.0 Å². The van der Waals surface area contributed by atoms with Gasteiger partial charge in [-0.1, -0.05) is 12.1 Å². The molecule has 0 amide bonds. The summed E-state index contributed by atoms with van der Waals surface area (Å²) in [4.78, 5) is 0. The molecule has 2 unspecified atom stereocenters. The molecule has 0 fully saturated rings. The van der Waals surface area contributed by atoms with E-state index in [0.717, 1.165) is 30.7 Å². The molecule has 0 bridgehead atoms. The van der Waals surface area contributed by atoms with Crippen LogP contribution in [0.15, 0.2) is 36.4 Å². The van der Waals surface area contributed by atoms with Crippen LogP contribution in [0.3, 0.4) is 0 Å². The third-order valence-corrected chi connectivity index (χ3v) is 4.49. The average molecular weight is 400 g/mol. The Bertz CT molecular complexity index is 857. The molecule has 130 valence electrons. The van der Waals surface area contributed by atoms with E-state index >= 15 is 0 Å². The van der Waals surface area contributed by atoms with Gasteiger partial charge in [-0.3, -0.25) is 0 Å². The van der Waals surface area contributed by atoms with Crippen molar-refractivity contribution in [1.82, 2.24) is 0 Å². The van der Waals surface area contributed by atoms with Crippen molar-refractivity contribution < 1.29 is 97.6 Å². The van der Waals surface area contributed by atoms with E-state index in [0.29, 0.717) is 0 Å². The van der Waals surface area contributed by atoms with E-state index in [4.69, 9.17) is 0 Å². The van der Waals surface area contributed by atoms with Crippen molar-refractivity contribution in [3.63, 3.8) is 0 Å². The fraction of sp³-hybridized carbons (Fsp3) is 0.133. The van der Waals surface area contributed by atoms with Gasteiger partial charge in [-0.15, -0.1) is 5.56 Å². The average Bonchev–Trinajstić information content (AvgIpc) is 2.44. The Hall–Kier alpha value is -0.620. The monoisotopic (exact) mass is 400 g/mol. The van der Waals surface area contributed by atoms with Crippen LogP contribution in [0.1, 0.15) is 16.4 Å². The summed E-state index contributed by atoms with van der Waals surface area (Å²) in [5, 5.41) is 45.8. The van der Waals surface area contributed by atoms with Crippen LogP contribution >= 0.6 is 0 Å². The first-order chi connectivity index (χ1) is 11.1. The summed E-state index contributed by atoms with van der Waals surface area (Å²) in [7, 11) is -5.04. The predicted molar refractivity (Wildman–Crippen MR) is 81.4 cm³/mol. The molecule has 0 aromatic heterocycles. The van der Waals surface area contributed by atoms with E-state index in [2.05, 4.69) is 0 Å². The van der Waals surface area contributed by atoms with E-state index in [-0.39, 0.29) is 76.0 Å². The van der Waals surface area contributed by atoms with Gasteiger partial charge in [0.25, 0.3) is 0 Å². The maximum Gasteiger partial charge on any atom is 1.00 e. The molecule has 0 aliphatic carbocycles. The van der Waals surface area contributed by atoms with Crippen molar-refractivity contribution in [1.29, 1.82) is 0 Å². The van der Waals surface area contributed by atoms with Crippen LogP contribution < -0.4 is 59.1 Å². The summed E-state index contributed by atoms with van der Waals surface area (Å²) >= 11 is 0. The normalized spacial score (nSPS) is 13.0. The summed E-state index contributed by atoms with van der Waals surface area (Å²) in [6.45, 7) is 0. The van der Waals surface area contributed by atoms with Gasteiger partial charge in [-0.2, -0.15) is 12.5 Å². The molecule has 0 saturated carbocycles. The van der Waals surface area contributed by atoms with E-state index in [1.807, 2.05) is 0 Å². The number of rotatable bonds is 5. The van der Waals surface area contributed by atoms with Gasteiger partial charge in [0, 0.05) is 11.9 Å². The summed E-state index contributed by atoms with van der Waals surface area (Å²) in [6.07, 6.45) is -0.925. The molecule has 11 heteroatoms. The Morgan fingerprint density at radius 1 is 0.885 bits per heavy atom. The standard InChI is InChI=1S/C15H15O8S.2Na/c16-10-3-1-8(12(18)7-10)5-14(20)15(24(21,22)23)9-2-4-11(17)13(19)6-9;;/h1-7,14-20H,(H,21,22,23);;/q-1;2*+1/p-1. The van der Waals surface area contributed by atoms with Crippen molar-refractivity contribution in [2.24, 2.45) is 0 Å². The summed E-state index contributed by atoms with van der Waals surface area (Å²) in [5.74, 6) is -1.84. The smallest absolute Gasteiger partial charge is 0.747 e. The Balaban J connectivity index is 0.00000312. The van der Waals surface area contributed by atoms with Gasteiger partial charge in [0.15, 0.2) is 11.5 Å². The van der Waals surface area contributed by atoms with E-state index in [1.54, 1.807) is 0 Å². The molecule has 2 aromatic rings.